The fourth-order valence-electron chi connectivity index (χ4n) is 2.13. The van der Waals surface area contributed by atoms with Gasteiger partial charge in [0.25, 0.3) is 5.92 Å². The van der Waals surface area contributed by atoms with Gasteiger partial charge in [0.15, 0.2) is 0 Å². The third kappa shape index (κ3) is 6.79. The maximum absolute atomic E-state index is 13.3. The van der Waals surface area contributed by atoms with E-state index in [1.807, 2.05) is 6.92 Å². The molecule has 0 aliphatic carbocycles. The molecule has 1 fully saturated rings. The van der Waals surface area contributed by atoms with E-state index in [-0.39, 0.29) is 26.0 Å². The molecular weight excluding hydrogens is 314 g/mol. The molecule has 23 heavy (non-hydrogen) atoms. The minimum atomic E-state index is -2.96. The molecule has 0 spiro atoms. The number of nitrogens with zero attached hydrogens (tertiary/aromatic N) is 1. The van der Waals surface area contributed by atoms with Crippen molar-refractivity contribution in [3.8, 4) is 0 Å². The number of carbonyl (C=O) groups excluding carboxylic acids is 2. The number of amides is 2. The second-order valence-electron chi connectivity index (χ2n) is 5.48. The molecule has 1 aliphatic rings. The Balaban J connectivity index is 2.48. The predicted octanol–water partition coefficient (Wildman–Crippen LogP) is 1.61. The molecule has 0 bridgehead atoms. The van der Waals surface area contributed by atoms with Crippen molar-refractivity contribution in [2.75, 3.05) is 19.7 Å². The van der Waals surface area contributed by atoms with Crippen molar-refractivity contribution in [2.24, 2.45) is 0 Å². The van der Waals surface area contributed by atoms with Gasteiger partial charge in [0, 0.05) is 19.4 Å². The SMILES string of the molecule is CCCCOC(=O)NC(CCN1CC(F)(F)CCC1=O)C(=O)O. The second-order valence-corrected chi connectivity index (χ2v) is 5.48. The summed E-state index contributed by atoms with van der Waals surface area (Å²) in [4.78, 5) is 35.1. The van der Waals surface area contributed by atoms with Crippen molar-refractivity contribution < 1.29 is 33.0 Å². The van der Waals surface area contributed by atoms with Gasteiger partial charge in [0.05, 0.1) is 13.2 Å². The van der Waals surface area contributed by atoms with Crippen molar-refractivity contribution in [2.45, 2.75) is 51.0 Å². The zero-order chi connectivity index (χ0) is 17.5. The smallest absolute Gasteiger partial charge is 0.407 e. The van der Waals surface area contributed by atoms with Crippen molar-refractivity contribution in [3.05, 3.63) is 0 Å². The van der Waals surface area contributed by atoms with Crippen LogP contribution < -0.4 is 5.32 Å². The Morgan fingerprint density at radius 3 is 2.78 bits per heavy atom. The fraction of sp³-hybridized carbons (Fsp3) is 0.786. The standard InChI is InChI=1S/C14H22F2N2O5/c1-2-3-8-23-13(22)17-10(12(20)21)5-7-18-9-14(15,16)6-4-11(18)19/h10H,2-9H2,1H3,(H,17,22)(H,20,21). The minimum absolute atomic E-state index is 0.166. The van der Waals surface area contributed by atoms with E-state index >= 15 is 0 Å². The van der Waals surface area contributed by atoms with Crippen LogP contribution in [-0.4, -0.2) is 59.6 Å². The van der Waals surface area contributed by atoms with E-state index in [0.29, 0.717) is 6.42 Å². The predicted molar refractivity (Wildman–Crippen MR) is 76.2 cm³/mol. The molecule has 1 unspecified atom stereocenters. The normalized spacial score (nSPS) is 18.4. The van der Waals surface area contributed by atoms with Gasteiger partial charge in [0.2, 0.25) is 5.91 Å². The van der Waals surface area contributed by atoms with Gasteiger partial charge in [-0.05, 0) is 12.8 Å². The summed E-state index contributed by atoms with van der Waals surface area (Å²) in [6, 6.07) is -1.30. The van der Waals surface area contributed by atoms with E-state index in [0.717, 1.165) is 11.3 Å². The number of carbonyl (C=O) groups is 3. The van der Waals surface area contributed by atoms with Crippen molar-refractivity contribution in [1.82, 2.24) is 10.2 Å². The highest BCUT2D eigenvalue weighted by Crippen LogP contribution is 2.27. The number of alkyl carbamates (subject to hydrolysis) is 1. The number of ether oxygens (including phenoxy) is 1. The van der Waals surface area contributed by atoms with Crippen LogP contribution in [0, 0.1) is 0 Å². The van der Waals surface area contributed by atoms with Crippen LogP contribution in [0.25, 0.3) is 0 Å². The van der Waals surface area contributed by atoms with E-state index < -0.39 is 42.9 Å². The van der Waals surface area contributed by atoms with Crippen LogP contribution in [0.2, 0.25) is 0 Å². The van der Waals surface area contributed by atoms with E-state index in [2.05, 4.69) is 5.32 Å². The summed E-state index contributed by atoms with van der Waals surface area (Å²) in [5.74, 6) is -4.71. The number of hydrogen-bond acceptors (Lipinski definition) is 4. The van der Waals surface area contributed by atoms with Gasteiger partial charge in [-0.25, -0.2) is 18.4 Å². The molecule has 1 heterocycles. The molecule has 1 saturated heterocycles. The van der Waals surface area contributed by atoms with Crippen LogP contribution in [-0.2, 0) is 14.3 Å². The Hall–Kier alpha value is -1.93. The lowest BCUT2D eigenvalue weighted by atomic mass is 10.1. The van der Waals surface area contributed by atoms with Gasteiger partial charge in [-0.1, -0.05) is 13.3 Å². The number of alkyl halides is 2. The Kier molecular flexibility index (Phi) is 7.18. The molecular formula is C14H22F2N2O5. The number of hydrogen-bond donors (Lipinski definition) is 2. The van der Waals surface area contributed by atoms with E-state index in [1.165, 1.54) is 0 Å². The molecule has 1 aliphatic heterocycles. The van der Waals surface area contributed by atoms with Crippen LogP contribution in [0.1, 0.15) is 39.0 Å². The number of nitrogens with one attached hydrogen (secondary N) is 1. The highest BCUT2D eigenvalue weighted by atomic mass is 19.3. The molecule has 0 aromatic carbocycles. The summed E-state index contributed by atoms with van der Waals surface area (Å²) in [6.07, 6.45) is -0.325. The topological polar surface area (TPSA) is 95.9 Å². The molecule has 0 saturated carbocycles. The van der Waals surface area contributed by atoms with Crippen LogP contribution >= 0.6 is 0 Å². The van der Waals surface area contributed by atoms with E-state index in [9.17, 15) is 23.2 Å². The quantitative estimate of drug-likeness (QED) is 0.657. The second kappa shape index (κ2) is 8.64. The Bertz CT molecular complexity index is 445. The third-order valence-electron chi connectivity index (χ3n) is 3.49. The number of piperidine rings is 1. The van der Waals surface area contributed by atoms with Crippen LogP contribution in [0.15, 0.2) is 0 Å². The summed E-state index contributed by atoms with van der Waals surface area (Å²) in [5, 5.41) is 11.2. The first-order chi connectivity index (χ1) is 10.7. The van der Waals surface area contributed by atoms with Gasteiger partial charge in [-0.2, -0.15) is 0 Å². The van der Waals surface area contributed by atoms with E-state index in [4.69, 9.17) is 9.84 Å². The number of aliphatic carboxylic acids is 1. The molecule has 1 atom stereocenters. The average molecular weight is 336 g/mol. The summed E-state index contributed by atoms with van der Waals surface area (Å²) in [7, 11) is 0. The number of carboxylic acid groups (broad SMARTS) is 1. The first-order valence-corrected chi connectivity index (χ1v) is 7.57. The number of likely N-dealkylation sites (tertiary alicyclic amines) is 1. The van der Waals surface area contributed by atoms with Crippen LogP contribution in [0.5, 0.6) is 0 Å². The van der Waals surface area contributed by atoms with Gasteiger partial charge >= 0.3 is 12.1 Å². The zero-order valence-electron chi connectivity index (χ0n) is 13.0. The molecule has 2 amide bonds. The summed E-state index contributed by atoms with van der Waals surface area (Å²) < 4.78 is 31.4. The maximum Gasteiger partial charge on any atom is 0.407 e. The van der Waals surface area contributed by atoms with Gasteiger partial charge in [-0.3, -0.25) is 4.79 Å². The molecule has 132 valence electrons. The minimum Gasteiger partial charge on any atom is -0.480 e. The fourth-order valence-corrected chi connectivity index (χ4v) is 2.13. The molecule has 9 heteroatoms. The molecule has 0 aromatic heterocycles. The van der Waals surface area contributed by atoms with Crippen molar-refractivity contribution in [3.63, 3.8) is 0 Å². The maximum atomic E-state index is 13.3. The molecule has 7 nitrogen and oxygen atoms in total. The molecule has 0 aromatic rings. The highest BCUT2D eigenvalue weighted by Gasteiger charge is 2.39. The summed E-state index contributed by atoms with van der Waals surface area (Å²) in [6.45, 7) is 1.19. The number of unbranched alkanes of at least 4 members (excludes halogenated alkanes) is 1. The monoisotopic (exact) mass is 336 g/mol. The van der Waals surface area contributed by atoms with Gasteiger partial charge < -0.3 is 20.1 Å². The van der Waals surface area contributed by atoms with E-state index in [1.54, 1.807) is 0 Å². The van der Waals surface area contributed by atoms with Crippen LogP contribution in [0.4, 0.5) is 13.6 Å². The Morgan fingerprint density at radius 1 is 1.48 bits per heavy atom. The number of halogens is 2. The first-order valence-electron chi connectivity index (χ1n) is 7.57. The largest absolute Gasteiger partial charge is 0.480 e. The third-order valence-corrected chi connectivity index (χ3v) is 3.49. The van der Waals surface area contributed by atoms with Gasteiger partial charge in [-0.15, -0.1) is 0 Å². The average Bonchev–Trinajstić information content (AvgIpc) is 2.46. The summed E-state index contributed by atoms with van der Waals surface area (Å²) in [5.41, 5.74) is 0. The number of rotatable bonds is 8. The lowest BCUT2D eigenvalue weighted by Crippen LogP contribution is -2.49. The lowest BCUT2D eigenvalue weighted by Gasteiger charge is -2.32. The zero-order valence-corrected chi connectivity index (χ0v) is 13.0. The van der Waals surface area contributed by atoms with Crippen LogP contribution in [0.3, 0.4) is 0 Å². The lowest BCUT2D eigenvalue weighted by molar-refractivity contribution is -0.148. The molecule has 1 rings (SSSR count). The van der Waals surface area contributed by atoms with Gasteiger partial charge in [0.1, 0.15) is 6.04 Å². The Labute approximate surface area is 133 Å². The number of carboxylic acids is 1. The Morgan fingerprint density at radius 2 is 2.17 bits per heavy atom. The molecule has 0 radical (unpaired) electrons. The highest BCUT2D eigenvalue weighted by molar-refractivity contribution is 5.80. The van der Waals surface area contributed by atoms with Crippen molar-refractivity contribution in [1.29, 1.82) is 0 Å². The summed E-state index contributed by atoms with van der Waals surface area (Å²) >= 11 is 0. The van der Waals surface area contributed by atoms with Crippen molar-refractivity contribution >= 4 is 18.0 Å². The molecule has 2 N–H and O–H groups in total. The first kappa shape index (κ1) is 19.1.